The zero-order chi connectivity index (χ0) is 19.0. The summed E-state index contributed by atoms with van der Waals surface area (Å²) in [7, 11) is 0. The molecule has 0 atom stereocenters. The maximum absolute atomic E-state index is 5.81. The molecule has 7 nitrogen and oxygen atoms in total. The van der Waals surface area contributed by atoms with Crippen molar-refractivity contribution in [3.05, 3.63) is 0 Å². The summed E-state index contributed by atoms with van der Waals surface area (Å²) in [4.78, 5) is 7.14. The number of morpholine rings is 1. The predicted molar refractivity (Wildman–Crippen MR) is 109 cm³/mol. The molecular formula is C20H40N4O3. The normalized spacial score (nSPS) is 20.0. The molecule has 0 aromatic heterocycles. The Balaban J connectivity index is 1.47. The summed E-state index contributed by atoms with van der Waals surface area (Å²) in [5.74, 6) is 1.60. The van der Waals surface area contributed by atoms with Crippen LogP contribution in [0, 0.1) is 5.92 Å². The number of guanidine groups is 1. The van der Waals surface area contributed by atoms with Crippen LogP contribution in [-0.4, -0.2) is 89.8 Å². The van der Waals surface area contributed by atoms with Gasteiger partial charge in [0.2, 0.25) is 0 Å². The van der Waals surface area contributed by atoms with Gasteiger partial charge in [0.15, 0.2) is 5.96 Å². The molecule has 27 heavy (non-hydrogen) atoms. The molecule has 0 radical (unpaired) electrons. The summed E-state index contributed by atoms with van der Waals surface area (Å²) in [5, 5.41) is 6.76. The van der Waals surface area contributed by atoms with Crippen LogP contribution in [-0.2, 0) is 14.2 Å². The van der Waals surface area contributed by atoms with Gasteiger partial charge < -0.3 is 24.8 Å². The van der Waals surface area contributed by atoms with Gasteiger partial charge in [0.05, 0.1) is 13.2 Å². The van der Waals surface area contributed by atoms with Gasteiger partial charge in [-0.2, -0.15) is 0 Å². The highest BCUT2D eigenvalue weighted by molar-refractivity contribution is 5.79. The highest BCUT2D eigenvalue weighted by atomic mass is 16.5. The van der Waals surface area contributed by atoms with Crippen molar-refractivity contribution in [1.82, 2.24) is 15.5 Å². The lowest BCUT2D eigenvalue weighted by atomic mass is 10.0. The minimum absolute atomic E-state index is 0.679. The monoisotopic (exact) mass is 384 g/mol. The van der Waals surface area contributed by atoms with Gasteiger partial charge in [0.1, 0.15) is 0 Å². The fraction of sp³-hybridized carbons (Fsp3) is 0.950. The fourth-order valence-corrected chi connectivity index (χ4v) is 3.35. The maximum Gasteiger partial charge on any atom is 0.191 e. The second-order valence-electron chi connectivity index (χ2n) is 7.33. The number of hydrogen-bond acceptors (Lipinski definition) is 5. The first-order valence-corrected chi connectivity index (χ1v) is 10.9. The van der Waals surface area contributed by atoms with Crippen molar-refractivity contribution >= 4 is 5.96 Å². The second-order valence-corrected chi connectivity index (χ2v) is 7.33. The van der Waals surface area contributed by atoms with Crippen LogP contribution in [0.3, 0.4) is 0 Å². The molecule has 2 saturated heterocycles. The zero-order valence-corrected chi connectivity index (χ0v) is 17.2. The molecule has 0 aliphatic carbocycles. The second kappa shape index (κ2) is 15.1. The van der Waals surface area contributed by atoms with Gasteiger partial charge in [-0.25, -0.2) is 0 Å². The largest absolute Gasteiger partial charge is 0.381 e. The lowest BCUT2D eigenvalue weighted by molar-refractivity contribution is 0.0205. The molecule has 2 rings (SSSR count). The smallest absolute Gasteiger partial charge is 0.191 e. The van der Waals surface area contributed by atoms with E-state index in [1.54, 1.807) is 0 Å². The predicted octanol–water partition coefficient (Wildman–Crippen LogP) is 1.49. The molecular weight excluding hydrogens is 344 g/mol. The summed E-state index contributed by atoms with van der Waals surface area (Å²) in [6.07, 6.45) is 5.62. The number of nitrogens with one attached hydrogen (secondary N) is 2. The summed E-state index contributed by atoms with van der Waals surface area (Å²) in [5.41, 5.74) is 0. The minimum Gasteiger partial charge on any atom is -0.381 e. The molecule has 7 heteroatoms. The Labute approximate surface area is 165 Å². The highest BCUT2D eigenvalue weighted by Gasteiger charge is 2.13. The van der Waals surface area contributed by atoms with E-state index in [-0.39, 0.29) is 0 Å². The molecule has 0 aromatic carbocycles. The molecule has 0 amide bonds. The Morgan fingerprint density at radius 2 is 1.81 bits per heavy atom. The van der Waals surface area contributed by atoms with Crippen LogP contribution in [0.5, 0.6) is 0 Å². The number of rotatable bonds is 12. The van der Waals surface area contributed by atoms with Gasteiger partial charge >= 0.3 is 0 Å². The van der Waals surface area contributed by atoms with Crippen LogP contribution in [0.1, 0.15) is 39.0 Å². The van der Waals surface area contributed by atoms with Gasteiger partial charge in [0, 0.05) is 59.2 Å². The molecule has 0 saturated carbocycles. The number of unbranched alkanes of at least 4 members (excludes halogenated alkanes) is 1. The highest BCUT2D eigenvalue weighted by Crippen LogP contribution is 2.14. The molecule has 2 aliphatic rings. The molecule has 158 valence electrons. The van der Waals surface area contributed by atoms with E-state index in [4.69, 9.17) is 14.2 Å². The number of hydrogen-bond donors (Lipinski definition) is 2. The van der Waals surface area contributed by atoms with Crippen molar-refractivity contribution < 1.29 is 14.2 Å². The van der Waals surface area contributed by atoms with Crippen LogP contribution in [0.25, 0.3) is 0 Å². The maximum atomic E-state index is 5.81. The first-order chi connectivity index (χ1) is 13.4. The molecule has 0 spiro atoms. The molecule has 0 unspecified atom stereocenters. The quantitative estimate of drug-likeness (QED) is 0.302. The summed E-state index contributed by atoms with van der Waals surface area (Å²) >= 11 is 0. The van der Waals surface area contributed by atoms with E-state index in [9.17, 15) is 0 Å². The van der Waals surface area contributed by atoms with E-state index in [2.05, 4.69) is 27.4 Å². The topological polar surface area (TPSA) is 67.4 Å². The van der Waals surface area contributed by atoms with Crippen LogP contribution in [0.2, 0.25) is 0 Å². The lowest BCUT2D eigenvalue weighted by Gasteiger charge is -2.26. The first-order valence-electron chi connectivity index (χ1n) is 10.9. The van der Waals surface area contributed by atoms with E-state index in [0.717, 1.165) is 104 Å². The van der Waals surface area contributed by atoms with Crippen molar-refractivity contribution in [3.8, 4) is 0 Å². The minimum atomic E-state index is 0.679. The zero-order valence-electron chi connectivity index (χ0n) is 17.2. The standard InChI is InChI=1S/C20H40N4O3/c1-2-21-20(22-8-3-4-10-24-11-16-26-17-12-24)23-9-5-13-27-18-19-6-14-25-15-7-19/h19H,2-18H2,1H3,(H2,21,22,23). The number of ether oxygens (including phenoxy) is 3. The van der Waals surface area contributed by atoms with E-state index in [1.165, 1.54) is 13.0 Å². The van der Waals surface area contributed by atoms with Gasteiger partial charge in [-0.15, -0.1) is 0 Å². The average Bonchev–Trinajstić information content (AvgIpc) is 2.71. The Morgan fingerprint density at radius 3 is 2.59 bits per heavy atom. The van der Waals surface area contributed by atoms with Crippen molar-refractivity contribution in [2.75, 3.05) is 78.9 Å². The molecule has 2 fully saturated rings. The van der Waals surface area contributed by atoms with Crippen LogP contribution in [0.4, 0.5) is 0 Å². The molecule has 0 bridgehead atoms. The molecule has 2 aliphatic heterocycles. The van der Waals surface area contributed by atoms with Gasteiger partial charge in [-0.1, -0.05) is 0 Å². The SMILES string of the molecule is CCNC(=NCCCOCC1CCOCC1)NCCCCN1CCOCC1. The van der Waals surface area contributed by atoms with Crippen molar-refractivity contribution in [1.29, 1.82) is 0 Å². The van der Waals surface area contributed by atoms with Crippen molar-refractivity contribution in [3.63, 3.8) is 0 Å². The molecule has 2 heterocycles. The van der Waals surface area contributed by atoms with E-state index >= 15 is 0 Å². The third kappa shape index (κ3) is 10.9. The van der Waals surface area contributed by atoms with E-state index in [0.29, 0.717) is 5.92 Å². The van der Waals surface area contributed by atoms with Crippen LogP contribution in [0.15, 0.2) is 4.99 Å². The third-order valence-electron chi connectivity index (χ3n) is 5.05. The Morgan fingerprint density at radius 1 is 1.04 bits per heavy atom. The Kier molecular flexibility index (Phi) is 12.5. The molecule has 0 aromatic rings. The molecule has 2 N–H and O–H groups in total. The van der Waals surface area contributed by atoms with Gasteiger partial charge in [-0.3, -0.25) is 9.89 Å². The Bertz CT molecular complexity index is 383. The Hall–Kier alpha value is -0.890. The van der Waals surface area contributed by atoms with E-state index in [1.807, 2.05) is 0 Å². The summed E-state index contributed by atoms with van der Waals surface area (Å²) < 4.78 is 16.6. The van der Waals surface area contributed by atoms with Gasteiger partial charge in [0.25, 0.3) is 0 Å². The fourth-order valence-electron chi connectivity index (χ4n) is 3.35. The third-order valence-corrected chi connectivity index (χ3v) is 5.05. The van der Waals surface area contributed by atoms with Crippen LogP contribution >= 0.6 is 0 Å². The average molecular weight is 385 g/mol. The summed E-state index contributed by atoms with van der Waals surface area (Å²) in [6, 6.07) is 0. The van der Waals surface area contributed by atoms with Gasteiger partial charge in [-0.05, 0) is 51.5 Å². The van der Waals surface area contributed by atoms with Crippen molar-refractivity contribution in [2.45, 2.75) is 39.0 Å². The number of aliphatic imine (C=N–C) groups is 1. The van der Waals surface area contributed by atoms with Crippen molar-refractivity contribution in [2.24, 2.45) is 10.9 Å². The summed E-state index contributed by atoms with van der Waals surface area (Å²) in [6.45, 7) is 13.3. The van der Waals surface area contributed by atoms with Crippen LogP contribution < -0.4 is 10.6 Å². The van der Waals surface area contributed by atoms with E-state index < -0.39 is 0 Å². The number of nitrogens with zero attached hydrogens (tertiary/aromatic N) is 2. The first kappa shape index (κ1) is 22.4. The lowest BCUT2D eigenvalue weighted by Crippen LogP contribution is -2.39.